The van der Waals surface area contributed by atoms with Gasteiger partial charge >= 0.3 is 0 Å². The molecule has 1 aliphatic heterocycles. The molecule has 0 aliphatic carbocycles. The van der Waals surface area contributed by atoms with Gasteiger partial charge in [0.15, 0.2) is 11.7 Å². The maximum atomic E-state index is 13.8. The molecule has 1 atom stereocenters. The van der Waals surface area contributed by atoms with Gasteiger partial charge in [-0.1, -0.05) is 36.4 Å². The van der Waals surface area contributed by atoms with Gasteiger partial charge in [0, 0.05) is 25.4 Å². The molecule has 1 unspecified atom stereocenters. The number of halogens is 1. The van der Waals surface area contributed by atoms with Crippen molar-refractivity contribution in [2.24, 2.45) is 0 Å². The van der Waals surface area contributed by atoms with Crippen LogP contribution in [-0.2, 0) is 17.6 Å². The van der Waals surface area contributed by atoms with E-state index < -0.39 is 0 Å². The van der Waals surface area contributed by atoms with Crippen LogP contribution in [0, 0.1) is 5.82 Å². The lowest BCUT2D eigenvalue weighted by Gasteiger charge is -2.27. The molecule has 0 saturated heterocycles. The van der Waals surface area contributed by atoms with Crippen molar-refractivity contribution in [3.05, 3.63) is 77.6 Å². The molecule has 2 N–H and O–H groups in total. The lowest BCUT2D eigenvalue weighted by molar-refractivity contribution is -0.121. The summed E-state index contributed by atoms with van der Waals surface area (Å²) in [5.41, 5.74) is 2.95. The molecule has 0 spiro atoms. The van der Waals surface area contributed by atoms with Crippen LogP contribution in [0.1, 0.15) is 29.5 Å². The number of rotatable bonds is 6. The molecule has 1 aromatic heterocycles. The zero-order chi connectivity index (χ0) is 19.3. The van der Waals surface area contributed by atoms with Crippen LogP contribution in [0.4, 0.5) is 4.39 Å². The van der Waals surface area contributed by atoms with Crippen LogP contribution in [0.2, 0.25) is 0 Å². The molecule has 2 aromatic carbocycles. The Kier molecular flexibility index (Phi) is 5.48. The number of aromatic nitrogens is 1. The van der Waals surface area contributed by atoms with E-state index in [4.69, 9.17) is 4.42 Å². The molecule has 1 amide bonds. The van der Waals surface area contributed by atoms with Gasteiger partial charge in [0.2, 0.25) is 5.91 Å². The first-order valence-corrected chi connectivity index (χ1v) is 9.48. The zero-order valence-electron chi connectivity index (χ0n) is 15.5. The van der Waals surface area contributed by atoms with Crippen LogP contribution in [0.3, 0.4) is 0 Å². The summed E-state index contributed by atoms with van der Waals surface area (Å²) in [7, 11) is 0. The van der Waals surface area contributed by atoms with Gasteiger partial charge in [-0.25, -0.2) is 9.37 Å². The normalized spacial score (nSPS) is 15.8. The number of hydrogen-bond donors (Lipinski definition) is 2. The van der Waals surface area contributed by atoms with E-state index >= 15 is 0 Å². The Morgan fingerprint density at radius 3 is 2.93 bits per heavy atom. The van der Waals surface area contributed by atoms with Gasteiger partial charge in [0.25, 0.3) is 0 Å². The maximum absolute atomic E-state index is 13.8. The molecule has 0 fully saturated rings. The van der Waals surface area contributed by atoms with Gasteiger partial charge in [-0.3, -0.25) is 4.79 Å². The van der Waals surface area contributed by atoms with Gasteiger partial charge in [-0.05, 0) is 36.2 Å². The molecule has 5 nitrogen and oxygen atoms in total. The molecule has 0 bridgehead atoms. The summed E-state index contributed by atoms with van der Waals surface area (Å²) in [6.45, 7) is 1.45. The fraction of sp³-hybridized carbons (Fsp3) is 0.273. The third-order valence-electron chi connectivity index (χ3n) is 4.98. The van der Waals surface area contributed by atoms with Crippen molar-refractivity contribution in [2.75, 3.05) is 13.1 Å². The van der Waals surface area contributed by atoms with Crippen LogP contribution in [0.15, 0.2) is 59.1 Å². The summed E-state index contributed by atoms with van der Waals surface area (Å²) in [6, 6.07) is 14.8. The third kappa shape index (κ3) is 4.12. The number of amides is 1. The smallest absolute Gasteiger partial charge is 0.220 e. The Morgan fingerprint density at radius 1 is 1.21 bits per heavy atom. The molecular weight excluding hydrogens is 357 g/mol. The van der Waals surface area contributed by atoms with Crippen molar-refractivity contribution in [3.63, 3.8) is 0 Å². The Morgan fingerprint density at radius 2 is 2.04 bits per heavy atom. The zero-order valence-corrected chi connectivity index (χ0v) is 15.5. The Labute approximate surface area is 163 Å². The van der Waals surface area contributed by atoms with Crippen LogP contribution >= 0.6 is 0 Å². The van der Waals surface area contributed by atoms with Crippen LogP contribution in [-0.4, -0.2) is 24.0 Å². The van der Waals surface area contributed by atoms with E-state index in [9.17, 15) is 9.18 Å². The SMILES string of the molecule is O=C(CCc1ncc(-c2ccccc2F)o1)NCC1NCCc2ccccc21. The largest absolute Gasteiger partial charge is 0.441 e. The van der Waals surface area contributed by atoms with E-state index in [2.05, 4.69) is 27.8 Å². The minimum absolute atomic E-state index is 0.0597. The average Bonchev–Trinajstić information content (AvgIpc) is 3.20. The van der Waals surface area contributed by atoms with Crippen molar-refractivity contribution < 1.29 is 13.6 Å². The number of carbonyl (C=O) groups excluding carboxylic acids is 1. The molecular formula is C22H22FN3O2. The maximum Gasteiger partial charge on any atom is 0.220 e. The monoisotopic (exact) mass is 379 g/mol. The second kappa shape index (κ2) is 8.35. The fourth-order valence-corrected chi connectivity index (χ4v) is 3.51. The van der Waals surface area contributed by atoms with Crippen LogP contribution in [0.5, 0.6) is 0 Å². The number of nitrogens with one attached hydrogen (secondary N) is 2. The second-order valence-electron chi connectivity index (χ2n) is 6.86. The van der Waals surface area contributed by atoms with Gasteiger partial charge in [0.05, 0.1) is 11.8 Å². The van der Waals surface area contributed by atoms with Gasteiger partial charge < -0.3 is 15.1 Å². The molecule has 0 saturated carbocycles. The summed E-state index contributed by atoms with van der Waals surface area (Å²) >= 11 is 0. The van der Waals surface area contributed by atoms with Crippen LogP contribution in [0.25, 0.3) is 11.3 Å². The van der Waals surface area contributed by atoms with Gasteiger partial charge in [0.1, 0.15) is 5.82 Å². The fourth-order valence-electron chi connectivity index (χ4n) is 3.51. The molecule has 28 heavy (non-hydrogen) atoms. The van der Waals surface area contributed by atoms with Crippen molar-refractivity contribution in [2.45, 2.75) is 25.3 Å². The number of aryl methyl sites for hydroxylation is 1. The number of carbonyl (C=O) groups is 1. The Balaban J connectivity index is 1.30. The van der Waals surface area contributed by atoms with Crippen molar-refractivity contribution in [1.82, 2.24) is 15.6 Å². The van der Waals surface area contributed by atoms with E-state index in [1.165, 1.54) is 23.4 Å². The minimum atomic E-state index is -0.358. The number of oxazole rings is 1. The average molecular weight is 379 g/mol. The van der Waals surface area contributed by atoms with E-state index in [0.29, 0.717) is 30.2 Å². The topological polar surface area (TPSA) is 67.2 Å². The van der Waals surface area contributed by atoms with Crippen molar-refractivity contribution in [3.8, 4) is 11.3 Å². The number of nitrogens with zero attached hydrogens (tertiary/aromatic N) is 1. The molecule has 0 radical (unpaired) electrons. The molecule has 3 aromatic rings. The molecule has 6 heteroatoms. The second-order valence-corrected chi connectivity index (χ2v) is 6.86. The summed E-state index contributed by atoms with van der Waals surface area (Å²) in [4.78, 5) is 16.4. The van der Waals surface area contributed by atoms with Gasteiger partial charge in [-0.15, -0.1) is 0 Å². The van der Waals surface area contributed by atoms with E-state index in [1.807, 2.05) is 12.1 Å². The molecule has 1 aliphatic rings. The molecule has 2 heterocycles. The van der Waals surface area contributed by atoms with E-state index in [0.717, 1.165) is 13.0 Å². The standard InChI is InChI=1S/C22H22FN3O2/c23-18-8-4-3-7-17(18)20-14-26-22(28-20)10-9-21(27)25-13-19-16-6-2-1-5-15(16)11-12-24-19/h1-8,14,19,24H,9-13H2,(H,25,27). The van der Waals surface area contributed by atoms with E-state index in [-0.39, 0.29) is 24.2 Å². The molecule has 144 valence electrons. The van der Waals surface area contributed by atoms with Gasteiger partial charge in [-0.2, -0.15) is 0 Å². The predicted molar refractivity (Wildman–Crippen MR) is 104 cm³/mol. The lowest BCUT2D eigenvalue weighted by atomic mass is 9.94. The summed E-state index contributed by atoms with van der Waals surface area (Å²) in [5, 5.41) is 6.43. The first kappa shape index (κ1) is 18.4. The first-order valence-electron chi connectivity index (χ1n) is 9.48. The van der Waals surface area contributed by atoms with Crippen LogP contribution < -0.4 is 10.6 Å². The highest BCUT2D eigenvalue weighted by Gasteiger charge is 2.19. The summed E-state index contributed by atoms with van der Waals surface area (Å²) in [6.07, 6.45) is 3.14. The number of benzene rings is 2. The Hall–Kier alpha value is -2.99. The summed E-state index contributed by atoms with van der Waals surface area (Å²) in [5.74, 6) is 0.379. The number of fused-ring (bicyclic) bond motifs is 1. The lowest BCUT2D eigenvalue weighted by Crippen LogP contribution is -2.38. The number of hydrogen-bond acceptors (Lipinski definition) is 4. The minimum Gasteiger partial charge on any atom is -0.441 e. The highest BCUT2D eigenvalue weighted by atomic mass is 19.1. The first-order chi connectivity index (χ1) is 13.7. The highest BCUT2D eigenvalue weighted by molar-refractivity contribution is 5.76. The predicted octanol–water partition coefficient (Wildman–Crippen LogP) is 3.42. The molecule has 4 rings (SSSR count). The van der Waals surface area contributed by atoms with Crippen molar-refractivity contribution in [1.29, 1.82) is 0 Å². The van der Waals surface area contributed by atoms with E-state index in [1.54, 1.807) is 18.2 Å². The Bertz CT molecular complexity index is 970. The summed E-state index contributed by atoms with van der Waals surface area (Å²) < 4.78 is 19.4. The highest BCUT2D eigenvalue weighted by Crippen LogP contribution is 2.24. The third-order valence-corrected chi connectivity index (χ3v) is 4.98. The quantitative estimate of drug-likeness (QED) is 0.689. The van der Waals surface area contributed by atoms with Crippen molar-refractivity contribution >= 4 is 5.91 Å².